The van der Waals surface area contributed by atoms with Crippen molar-refractivity contribution < 1.29 is 8.42 Å². The van der Waals surface area contributed by atoms with Crippen molar-refractivity contribution in [3.8, 4) is 0 Å². The largest absolute Gasteiger partial charge is 0.351 e. The number of imidazole rings is 1. The van der Waals surface area contributed by atoms with Crippen LogP contribution in [0.3, 0.4) is 0 Å². The van der Waals surface area contributed by atoms with Crippen LogP contribution in [0.2, 0.25) is 0 Å². The second kappa shape index (κ2) is 6.65. The van der Waals surface area contributed by atoms with E-state index in [0.29, 0.717) is 36.8 Å². The van der Waals surface area contributed by atoms with E-state index in [1.54, 1.807) is 41.1 Å². The third-order valence-electron chi connectivity index (χ3n) is 4.62. The predicted octanol–water partition coefficient (Wildman–Crippen LogP) is 1.63. The fourth-order valence-corrected chi connectivity index (χ4v) is 4.65. The molecule has 0 radical (unpaired) electrons. The molecule has 2 aromatic heterocycles. The summed E-state index contributed by atoms with van der Waals surface area (Å²) in [5, 5.41) is 3.32. The van der Waals surface area contributed by atoms with E-state index in [1.165, 1.54) is 0 Å². The molecule has 3 aromatic rings. The summed E-state index contributed by atoms with van der Waals surface area (Å²) in [6.07, 6.45) is 4.81. The number of hydrogen-bond acceptors (Lipinski definition) is 6. The lowest BCUT2D eigenvalue weighted by molar-refractivity contribution is 0.329. The molecule has 1 fully saturated rings. The Kier molecular flexibility index (Phi) is 4.33. The van der Waals surface area contributed by atoms with E-state index in [9.17, 15) is 8.42 Å². The number of hydrogen-bond donors (Lipinski definition) is 1. The summed E-state index contributed by atoms with van der Waals surface area (Å²) in [4.78, 5) is 13.3. The zero-order chi connectivity index (χ0) is 18.1. The molecule has 1 aliphatic heterocycles. The van der Waals surface area contributed by atoms with Crippen LogP contribution in [0.15, 0.2) is 47.8 Å². The smallest absolute Gasteiger partial charge is 0.243 e. The molecule has 9 heteroatoms. The van der Waals surface area contributed by atoms with Crippen LogP contribution in [0.1, 0.15) is 12.8 Å². The molecule has 26 heavy (non-hydrogen) atoms. The molecule has 0 saturated carbocycles. The molecule has 0 atom stereocenters. The summed E-state index contributed by atoms with van der Waals surface area (Å²) in [5.41, 5.74) is 1.52. The number of benzene rings is 1. The third-order valence-corrected chi connectivity index (χ3v) is 6.54. The Hall–Kier alpha value is -2.52. The van der Waals surface area contributed by atoms with Gasteiger partial charge in [0, 0.05) is 26.2 Å². The minimum atomic E-state index is -3.42. The Morgan fingerprint density at radius 3 is 2.58 bits per heavy atom. The number of anilines is 1. The van der Waals surface area contributed by atoms with E-state index in [1.807, 2.05) is 17.7 Å². The molecule has 4 rings (SSSR count). The second-order valence-electron chi connectivity index (χ2n) is 6.39. The quantitative estimate of drug-likeness (QED) is 0.748. The van der Waals surface area contributed by atoms with Crippen molar-refractivity contribution in [2.24, 2.45) is 7.05 Å². The molecule has 1 saturated heterocycles. The highest BCUT2D eigenvalue weighted by molar-refractivity contribution is 7.89. The molecule has 1 aliphatic rings. The van der Waals surface area contributed by atoms with Crippen molar-refractivity contribution in [1.82, 2.24) is 23.8 Å². The Morgan fingerprint density at radius 1 is 1.12 bits per heavy atom. The van der Waals surface area contributed by atoms with Crippen molar-refractivity contribution in [2.75, 3.05) is 18.4 Å². The molecular formula is C17H20N6O2S. The fraction of sp³-hybridized carbons (Fsp3) is 0.353. The number of nitrogens with zero attached hydrogens (tertiary/aromatic N) is 5. The van der Waals surface area contributed by atoms with Gasteiger partial charge in [0.25, 0.3) is 0 Å². The Bertz CT molecular complexity index is 1010. The first-order chi connectivity index (χ1) is 12.5. The van der Waals surface area contributed by atoms with Crippen molar-refractivity contribution in [3.63, 3.8) is 0 Å². The molecule has 1 aromatic carbocycles. The standard InChI is InChI=1S/C17H20N6O2S/c1-22-12-19-15-11-18-17(21-16(15)22)20-13-7-9-23(10-8-13)26(24,25)14-5-3-2-4-6-14/h2-6,11-13H,7-10H2,1H3,(H,18,20,21). The fourth-order valence-electron chi connectivity index (χ4n) is 3.15. The van der Waals surface area contributed by atoms with Gasteiger partial charge in [0.05, 0.1) is 17.4 Å². The first-order valence-corrected chi connectivity index (χ1v) is 9.94. The number of piperidine rings is 1. The average molecular weight is 372 g/mol. The van der Waals surface area contributed by atoms with E-state index in [-0.39, 0.29) is 6.04 Å². The van der Waals surface area contributed by atoms with Gasteiger partial charge in [-0.2, -0.15) is 9.29 Å². The maximum atomic E-state index is 12.7. The Labute approximate surface area is 152 Å². The van der Waals surface area contributed by atoms with Gasteiger partial charge in [-0.3, -0.25) is 0 Å². The van der Waals surface area contributed by atoms with Gasteiger partial charge in [0.1, 0.15) is 5.52 Å². The second-order valence-corrected chi connectivity index (χ2v) is 8.33. The number of sulfonamides is 1. The van der Waals surface area contributed by atoms with Gasteiger partial charge in [-0.05, 0) is 25.0 Å². The van der Waals surface area contributed by atoms with Gasteiger partial charge in [-0.1, -0.05) is 18.2 Å². The summed E-state index contributed by atoms with van der Waals surface area (Å²) >= 11 is 0. The van der Waals surface area contributed by atoms with Crippen LogP contribution in [0, 0.1) is 0 Å². The van der Waals surface area contributed by atoms with E-state index in [0.717, 1.165) is 11.2 Å². The lowest BCUT2D eigenvalue weighted by Gasteiger charge is -2.31. The van der Waals surface area contributed by atoms with Gasteiger partial charge >= 0.3 is 0 Å². The highest BCUT2D eigenvalue weighted by Gasteiger charge is 2.29. The topological polar surface area (TPSA) is 93.0 Å². The van der Waals surface area contributed by atoms with Crippen molar-refractivity contribution >= 4 is 27.1 Å². The van der Waals surface area contributed by atoms with E-state index >= 15 is 0 Å². The van der Waals surface area contributed by atoms with Crippen molar-refractivity contribution in [3.05, 3.63) is 42.9 Å². The van der Waals surface area contributed by atoms with E-state index in [2.05, 4.69) is 20.3 Å². The molecule has 0 amide bonds. The van der Waals surface area contributed by atoms with E-state index < -0.39 is 10.0 Å². The summed E-state index contributed by atoms with van der Waals surface area (Å²) < 4.78 is 28.7. The molecule has 0 unspecified atom stereocenters. The SMILES string of the molecule is Cn1cnc2cnc(NC3CCN(S(=O)(=O)c4ccccc4)CC3)nc21. The summed E-state index contributed by atoms with van der Waals surface area (Å²) in [6.45, 7) is 0.950. The summed E-state index contributed by atoms with van der Waals surface area (Å²) in [7, 11) is -1.53. The van der Waals surface area contributed by atoms with E-state index in [4.69, 9.17) is 0 Å². The average Bonchev–Trinajstić information content (AvgIpc) is 3.03. The van der Waals surface area contributed by atoms with Crippen LogP contribution in [-0.2, 0) is 17.1 Å². The molecule has 3 heterocycles. The summed E-state index contributed by atoms with van der Waals surface area (Å²) in [5.74, 6) is 0.547. The third kappa shape index (κ3) is 3.15. The number of aryl methyl sites for hydroxylation is 1. The minimum Gasteiger partial charge on any atom is -0.351 e. The number of rotatable bonds is 4. The number of aromatic nitrogens is 4. The zero-order valence-electron chi connectivity index (χ0n) is 14.4. The van der Waals surface area contributed by atoms with Crippen LogP contribution in [0.4, 0.5) is 5.95 Å². The number of nitrogens with one attached hydrogen (secondary N) is 1. The minimum absolute atomic E-state index is 0.142. The molecule has 0 aliphatic carbocycles. The summed E-state index contributed by atoms with van der Waals surface area (Å²) in [6, 6.07) is 8.71. The predicted molar refractivity (Wildman–Crippen MR) is 98.1 cm³/mol. The highest BCUT2D eigenvalue weighted by atomic mass is 32.2. The van der Waals surface area contributed by atoms with Gasteiger partial charge < -0.3 is 9.88 Å². The molecular weight excluding hydrogens is 352 g/mol. The maximum absolute atomic E-state index is 12.7. The Morgan fingerprint density at radius 2 is 1.85 bits per heavy atom. The molecule has 0 bridgehead atoms. The number of fused-ring (bicyclic) bond motifs is 1. The van der Waals surface area contributed by atoms with Crippen LogP contribution in [-0.4, -0.2) is 51.4 Å². The van der Waals surface area contributed by atoms with Crippen LogP contribution in [0.25, 0.3) is 11.2 Å². The Balaban J connectivity index is 1.42. The van der Waals surface area contributed by atoms with Gasteiger partial charge in [-0.25, -0.2) is 18.4 Å². The lowest BCUT2D eigenvalue weighted by Crippen LogP contribution is -2.42. The first kappa shape index (κ1) is 16.9. The highest BCUT2D eigenvalue weighted by Crippen LogP contribution is 2.22. The van der Waals surface area contributed by atoms with Gasteiger partial charge in [0.15, 0.2) is 5.65 Å². The molecule has 1 N–H and O–H groups in total. The molecule has 0 spiro atoms. The van der Waals surface area contributed by atoms with Gasteiger partial charge in [-0.15, -0.1) is 0 Å². The first-order valence-electron chi connectivity index (χ1n) is 8.50. The monoisotopic (exact) mass is 372 g/mol. The zero-order valence-corrected chi connectivity index (χ0v) is 15.2. The maximum Gasteiger partial charge on any atom is 0.243 e. The normalized spacial score (nSPS) is 16.8. The molecule has 8 nitrogen and oxygen atoms in total. The lowest BCUT2D eigenvalue weighted by atomic mass is 10.1. The van der Waals surface area contributed by atoms with Crippen LogP contribution < -0.4 is 5.32 Å². The van der Waals surface area contributed by atoms with Crippen molar-refractivity contribution in [2.45, 2.75) is 23.8 Å². The molecule has 136 valence electrons. The van der Waals surface area contributed by atoms with Crippen LogP contribution in [0.5, 0.6) is 0 Å². The van der Waals surface area contributed by atoms with Crippen LogP contribution >= 0.6 is 0 Å². The van der Waals surface area contributed by atoms with Crippen molar-refractivity contribution in [1.29, 1.82) is 0 Å². The van der Waals surface area contributed by atoms with Gasteiger partial charge in [0.2, 0.25) is 16.0 Å².